The van der Waals surface area contributed by atoms with Crippen LogP contribution < -0.4 is 15.9 Å². The number of benzene rings is 1. The van der Waals surface area contributed by atoms with Crippen molar-refractivity contribution < 1.29 is 18.0 Å². The zero-order valence-corrected chi connectivity index (χ0v) is 21.5. The Morgan fingerprint density at radius 3 is 2.60 bits per heavy atom. The van der Waals surface area contributed by atoms with Crippen LogP contribution in [-0.2, 0) is 19.6 Å². The van der Waals surface area contributed by atoms with E-state index in [1.807, 2.05) is 13.8 Å². The summed E-state index contributed by atoms with van der Waals surface area (Å²) in [4.78, 5) is 28.0. The van der Waals surface area contributed by atoms with Gasteiger partial charge in [0.15, 0.2) is 5.78 Å². The van der Waals surface area contributed by atoms with Gasteiger partial charge in [0.05, 0.1) is 23.2 Å². The van der Waals surface area contributed by atoms with Gasteiger partial charge in [0.2, 0.25) is 15.9 Å². The highest BCUT2D eigenvalue weighted by molar-refractivity contribution is 7.89. The van der Waals surface area contributed by atoms with Crippen LogP contribution in [0, 0.1) is 5.92 Å². The Balaban J connectivity index is 0.00000432. The van der Waals surface area contributed by atoms with Gasteiger partial charge in [-0.25, -0.2) is 8.42 Å². The van der Waals surface area contributed by atoms with E-state index in [1.165, 1.54) is 23.4 Å². The second-order valence-electron chi connectivity index (χ2n) is 8.74. The fourth-order valence-electron chi connectivity index (χ4n) is 4.06. The van der Waals surface area contributed by atoms with Crippen molar-refractivity contribution in [3.8, 4) is 0 Å². The number of Topliss-reactive ketones (excluding diaryl/α,β-unsaturated/α-hetero) is 1. The summed E-state index contributed by atoms with van der Waals surface area (Å²) in [7, 11) is -3.88. The molecule has 1 aliphatic rings. The summed E-state index contributed by atoms with van der Waals surface area (Å²) in [5, 5.41) is 6.50. The number of nitrogens with zero attached hydrogens (tertiary/aromatic N) is 3. The van der Waals surface area contributed by atoms with Crippen molar-refractivity contribution >= 4 is 46.1 Å². The molecule has 0 radical (unpaired) electrons. The fraction of sp³-hybridized carbons (Fsp3) is 0.435. The van der Waals surface area contributed by atoms with Crippen LogP contribution in [0.2, 0.25) is 0 Å². The lowest BCUT2D eigenvalue weighted by Gasteiger charge is -2.29. The fourth-order valence-corrected chi connectivity index (χ4v) is 5.29. The first-order chi connectivity index (χ1) is 16.2. The van der Waals surface area contributed by atoms with E-state index < -0.39 is 22.1 Å². The van der Waals surface area contributed by atoms with E-state index in [0.29, 0.717) is 25.8 Å². The van der Waals surface area contributed by atoms with Crippen LogP contribution in [0.4, 0.5) is 5.69 Å². The first kappa shape index (κ1) is 28.3. The number of nitrogens with two attached hydrogens (primary N) is 1. The molecule has 2 heterocycles. The van der Waals surface area contributed by atoms with Crippen molar-refractivity contribution in [3.63, 3.8) is 0 Å². The minimum atomic E-state index is -3.88. The lowest BCUT2D eigenvalue weighted by molar-refractivity contribution is -0.138. The van der Waals surface area contributed by atoms with Gasteiger partial charge in [-0.05, 0) is 43.4 Å². The Bertz CT molecular complexity index is 1120. The molecular weight excluding hydrogens is 492 g/mol. The number of carbonyl (C=O) groups excluding carboxylic acids is 2. The Labute approximate surface area is 212 Å². The van der Waals surface area contributed by atoms with Gasteiger partial charge >= 0.3 is 0 Å². The lowest BCUT2D eigenvalue weighted by atomic mass is 10.0. The largest absolute Gasteiger partial charge is 0.377 e. The summed E-state index contributed by atoms with van der Waals surface area (Å²) in [6, 6.07) is 8.20. The average molecular weight is 525 g/mol. The molecule has 192 valence electrons. The van der Waals surface area contributed by atoms with Crippen LogP contribution in [0.1, 0.15) is 33.1 Å². The molecule has 4 N–H and O–H groups in total. The Hall–Kier alpha value is -2.89. The van der Waals surface area contributed by atoms with E-state index in [2.05, 4.69) is 15.1 Å². The molecule has 0 saturated carbocycles. The molecule has 0 bridgehead atoms. The molecule has 10 nitrogen and oxygen atoms in total. The standard InChI is InChI=1S/C23H32N6O4S.ClH/c1-17(2)13-20(27-34(32,33)19-7-4-3-5-8-19)23(31)29-11-6-9-21(29)22(30)14-25-18-10-12-28(15-18)16-26-24;/h3-5,7-8,10,12,15-17,20-21,25,27H,6,9,11,13-14,24H2,1-2H3;1H/t20-,21+;/m1./s1. The van der Waals surface area contributed by atoms with Gasteiger partial charge in [-0.3, -0.25) is 9.59 Å². The van der Waals surface area contributed by atoms with Crippen LogP contribution >= 0.6 is 12.4 Å². The molecule has 3 rings (SSSR count). The van der Waals surface area contributed by atoms with Crippen molar-refractivity contribution in [1.82, 2.24) is 14.2 Å². The van der Waals surface area contributed by atoms with E-state index in [9.17, 15) is 18.0 Å². The van der Waals surface area contributed by atoms with E-state index >= 15 is 0 Å². The Kier molecular flexibility index (Phi) is 10.3. The third-order valence-electron chi connectivity index (χ3n) is 5.64. The molecule has 12 heteroatoms. The normalized spacial score (nSPS) is 16.9. The first-order valence-corrected chi connectivity index (χ1v) is 12.7. The van der Waals surface area contributed by atoms with Gasteiger partial charge in [-0.15, -0.1) is 12.4 Å². The number of amides is 1. The number of hydrogen-bond acceptors (Lipinski definition) is 7. The second-order valence-corrected chi connectivity index (χ2v) is 10.5. The summed E-state index contributed by atoms with van der Waals surface area (Å²) in [5.41, 5.74) is 0.720. The number of nitrogens with one attached hydrogen (secondary N) is 2. The summed E-state index contributed by atoms with van der Waals surface area (Å²) in [6.07, 6.45) is 6.47. The van der Waals surface area contributed by atoms with Crippen LogP contribution in [0.3, 0.4) is 0 Å². The Morgan fingerprint density at radius 1 is 1.23 bits per heavy atom. The van der Waals surface area contributed by atoms with Crippen molar-refractivity contribution in [2.75, 3.05) is 18.4 Å². The third kappa shape index (κ3) is 7.55. The predicted octanol–water partition coefficient (Wildman–Crippen LogP) is 2.03. The van der Waals surface area contributed by atoms with Gasteiger partial charge in [-0.2, -0.15) is 9.82 Å². The van der Waals surface area contributed by atoms with Gasteiger partial charge in [0.25, 0.3) is 0 Å². The zero-order valence-electron chi connectivity index (χ0n) is 19.8. The highest BCUT2D eigenvalue weighted by Gasteiger charge is 2.38. The number of aromatic nitrogens is 1. The number of anilines is 1. The van der Waals surface area contributed by atoms with Gasteiger partial charge < -0.3 is 20.6 Å². The predicted molar refractivity (Wildman–Crippen MR) is 138 cm³/mol. The molecule has 0 aliphatic carbocycles. The van der Waals surface area contributed by atoms with E-state index in [1.54, 1.807) is 41.2 Å². The minimum absolute atomic E-state index is 0. The number of hydrogen-bond donors (Lipinski definition) is 3. The molecule has 1 aromatic heterocycles. The van der Waals surface area contributed by atoms with Crippen molar-refractivity contribution in [1.29, 1.82) is 0 Å². The maximum atomic E-state index is 13.5. The molecule has 1 fully saturated rings. The molecule has 1 saturated heterocycles. The number of ketones is 1. The summed E-state index contributed by atoms with van der Waals surface area (Å²) in [5.74, 6) is 4.72. The van der Waals surface area contributed by atoms with Gasteiger partial charge in [0.1, 0.15) is 12.4 Å². The van der Waals surface area contributed by atoms with Crippen molar-refractivity contribution in [3.05, 3.63) is 48.8 Å². The molecular formula is C23H33ClN6O4S. The van der Waals surface area contributed by atoms with Crippen LogP contribution in [0.15, 0.2) is 58.8 Å². The summed E-state index contributed by atoms with van der Waals surface area (Å²) in [6.45, 7) is 4.31. The lowest BCUT2D eigenvalue weighted by Crippen LogP contribution is -2.52. The van der Waals surface area contributed by atoms with Gasteiger partial charge in [0, 0.05) is 18.9 Å². The summed E-state index contributed by atoms with van der Waals surface area (Å²) < 4.78 is 30.0. The van der Waals surface area contributed by atoms with Crippen LogP contribution in [0.25, 0.3) is 0 Å². The quantitative estimate of drug-likeness (QED) is 0.178. The highest BCUT2D eigenvalue weighted by Crippen LogP contribution is 2.22. The van der Waals surface area contributed by atoms with E-state index in [0.717, 1.165) is 5.69 Å². The van der Waals surface area contributed by atoms with Crippen molar-refractivity contribution in [2.24, 2.45) is 16.9 Å². The molecule has 1 aliphatic heterocycles. The van der Waals surface area contributed by atoms with Crippen LogP contribution in [0.5, 0.6) is 0 Å². The van der Waals surface area contributed by atoms with Crippen molar-refractivity contribution in [2.45, 2.75) is 50.1 Å². The third-order valence-corrected chi connectivity index (χ3v) is 7.13. The zero-order chi connectivity index (χ0) is 24.7. The number of halogens is 1. The minimum Gasteiger partial charge on any atom is -0.377 e. The molecule has 0 unspecified atom stereocenters. The Morgan fingerprint density at radius 2 is 1.94 bits per heavy atom. The molecule has 2 aromatic rings. The topological polar surface area (TPSA) is 139 Å². The smallest absolute Gasteiger partial charge is 0.241 e. The molecule has 0 spiro atoms. The van der Waals surface area contributed by atoms with E-state index in [-0.39, 0.29) is 41.5 Å². The van der Waals surface area contributed by atoms with E-state index in [4.69, 9.17) is 5.84 Å². The number of likely N-dealkylation sites (tertiary alicyclic amines) is 1. The monoisotopic (exact) mass is 524 g/mol. The maximum Gasteiger partial charge on any atom is 0.241 e. The number of sulfonamides is 1. The summed E-state index contributed by atoms with van der Waals surface area (Å²) >= 11 is 0. The maximum absolute atomic E-state index is 13.5. The number of hydrazone groups is 1. The molecule has 35 heavy (non-hydrogen) atoms. The molecule has 2 atom stereocenters. The number of carbonyl (C=O) groups is 2. The second kappa shape index (κ2) is 12.7. The number of rotatable bonds is 11. The highest BCUT2D eigenvalue weighted by atomic mass is 35.5. The SMILES string of the molecule is CC(C)C[C@@H](NS(=O)(=O)c1ccccc1)C(=O)N1CCC[C@H]1C(=O)CNc1ccn(C=NN)c1.Cl. The van der Waals surface area contributed by atoms with Gasteiger partial charge in [-0.1, -0.05) is 32.0 Å². The molecule has 1 aromatic carbocycles. The van der Waals surface area contributed by atoms with Crippen LogP contribution in [-0.4, -0.2) is 61.1 Å². The molecule has 1 amide bonds. The first-order valence-electron chi connectivity index (χ1n) is 11.3. The average Bonchev–Trinajstić information content (AvgIpc) is 3.47.